The number of methoxy groups -OCH3 is 1. The predicted octanol–water partition coefficient (Wildman–Crippen LogP) is 4.66. The molecule has 0 fully saturated rings. The van der Waals surface area contributed by atoms with Crippen LogP contribution in [0.5, 0.6) is 5.75 Å². The van der Waals surface area contributed by atoms with Gasteiger partial charge in [-0.3, -0.25) is 4.79 Å². The number of fused-ring (bicyclic) bond motifs is 1. The van der Waals surface area contributed by atoms with Crippen molar-refractivity contribution in [3.63, 3.8) is 0 Å². The van der Waals surface area contributed by atoms with E-state index in [2.05, 4.69) is 5.32 Å². The Balaban J connectivity index is 1.86. The fourth-order valence-electron chi connectivity index (χ4n) is 2.12. The van der Waals surface area contributed by atoms with E-state index in [4.69, 9.17) is 20.8 Å². The van der Waals surface area contributed by atoms with Crippen molar-refractivity contribution >= 4 is 34.2 Å². The van der Waals surface area contributed by atoms with Gasteiger partial charge in [-0.1, -0.05) is 17.7 Å². The number of amides is 1. The SMILES string of the molecule is COc1ccc2oc(C(=O)Nc3ccc(C)c(Cl)c3)cc2c1. The first-order valence-corrected chi connectivity index (χ1v) is 7.10. The molecule has 0 radical (unpaired) electrons. The van der Waals surface area contributed by atoms with Gasteiger partial charge in [0, 0.05) is 16.1 Å². The molecule has 0 atom stereocenters. The largest absolute Gasteiger partial charge is 0.497 e. The molecule has 4 nitrogen and oxygen atoms in total. The van der Waals surface area contributed by atoms with Gasteiger partial charge in [-0.2, -0.15) is 0 Å². The molecule has 3 rings (SSSR count). The first kappa shape index (κ1) is 14.5. The standard InChI is InChI=1S/C17H14ClNO3/c1-10-3-4-12(9-14(10)18)19-17(20)16-8-11-7-13(21-2)5-6-15(11)22-16/h3-9H,1-2H3,(H,19,20). The van der Waals surface area contributed by atoms with Gasteiger partial charge in [-0.05, 0) is 48.9 Å². The topological polar surface area (TPSA) is 51.5 Å². The highest BCUT2D eigenvalue weighted by molar-refractivity contribution is 6.31. The minimum Gasteiger partial charge on any atom is -0.497 e. The van der Waals surface area contributed by atoms with E-state index in [0.717, 1.165) is 10.9 Å². The number of halogens is 1. The zero-order valence-corrected chi connectivity index (χ0v) is 12.9. The second-order valence-electron chi connectivity index (χ2n) is 4.93. The molecule has 3 aromatic rings. The van der Waals surface area contributed by atoms with Gasteiger partial charge in [-0.15, -0.1) is 0 Å². The average Bonchev–Trinajstić information content (AvgIpc) is 2.94. The van der Waals surface area contributed by atoms with Crippen molar-refractivity contribution in [2.45, 2.75) is 6.92 Å². The number of hydrogen-bond donors (Lipinski definition) is 1. The van der Waals surface area contributed by atoms with Crippen molar-refractivity contribution in [1.82, 2.24) is 0 Å². The number of ether oxygens (including phenoxy) is 1. The summed E-state index contributed by atoms with van der Waals surface area (Å²) in [6.45, 7) is 1.90. The molecule has 1 N–H and O–H groups in total. The molecule has 0 bridgehead atoms. The Labute approximate surface area is 132 Å². The minimum absolute atomic E-state index is 0.236. The van der Waals surface area contributed by atoms with Gasteiger partial charge >= 0.3 is 0 Å². The van der Waals surface area contributed by atoms with Crippen LogP contribution in [-0.4, -0.2) is 13.0 Å². The maximum absolute atomic E-state index is 12.3. The Morgan fingerprint density at radius 3 is 2.73 bits per heavy atom. The third kappa shape index (κ3) is 2.78. The summed E-state index contributed by atoms with van der Waals surface area (Å²) in [5.74, 6) is 0.626. The number of aryl methyl sites for hydroxylation is 1. The van der Waals surface area contributed by atoms with Crippen molar-refractivity contribution in [2.24, 2.45) is 0 Å². The predicted molar refractivity (Wildman–Crippen MR) is 86.9 cm³/mol. The monoisotopic (exact) mass is 315 g/mol. The van der Waals surface area contributed by atoms with Crippen LogP contribution < -0.4 is 10.1 Å². The number of carbonyl (C=O) groups is 1. The molecule has 0 spiro atoms. The molecule has 1 amide bonds. The van der Waals surface area contributed by atoms with Crippen LogP contribution in [0.25, 0.3) is 11.0 Å². The third-order valence-corrected chi connectivity index (χ3v) is 3.78. The second-order valence-corrected chi connectivity index (χ2v) is 5.34. The summed E-state index contributed by atoms with van der Waals surface area (Å²) in [6.07, 6.45) is 0. The van der Waals surface area contributed by atoms with Crippen molar-refractivity contribution in [3.8, 4) is 5.75 Å². The van der Waals surface area contributed by atoms with Gasteiger partial charge in [0.15, 0.2) is 5.76 Å². The van der Waals surface area contributed by atoms with E-state index >= 15 is 0 Å². The van der Waals surface area contributed by atoms with Crippen molar-refractivity contribution in [3.05, 3.63) is 58.8 Å². The Kier molecular flexibility index (Phi) is 3.77. The van der Waals surface area contributed by atoms with Gasteiger partial charge in [0.1, 0.15) is 11.3 Å². The molecule has 5 heteroatoms. The molecule has 0 aliphatic heterocycles. The number of nitrogens with one attached hydrogen (secondary N) is 1. The second kappa shape index (κ2) is 5.73. The molecule has 0 unspecified atom stereocenters. The van der Waals surface area contributed by atoms with Gasteiger partial charge in [-0.25, -0.2) is 0 Å². The molecule has 22 heavy (non-hydrogen) atoms. The number of anilines is 1. The van der Waals surface area contributed by atoms with Gasteiger partial charge in [0.05, 0.1) is 7.11 Å². The van der Waals surface area contributed by atoms with Crippen LogP contribution in [-0.2, 0) is 0 Å². The summed E-state index contributed by atoms with van der Waals surface area (Å²) in [4.78, 5) is 12.3. The van der Waals surface area contributed by atoms with Crippen molar-refractivity contribution < 1.29 is 13.9 Å². The van der Waals surface area contributed by atoms with E-state index < -0.39 is 0 Å². The summed E-state index contributed by atoms with van der Waals surface area (Å²) < 4.78 is 10.7. The first-order valence-electron chi connectivity index (χ1n) is 6.72. The van der Waals surface area contributed by atoms with E-state index in [0.29, 0.717) is 22.0 Å². The normalized spacial score (nSPS) is 10.7. The van der Waals surface area contributed by atoms with Gasteiger partial charge in [0.2, 0.25) is 0 Å². The van der Waals surface area contributed by atoms with Crippen LogP contribution >= 0.6 is 11.6 Å². The lowest BCUT2D eigenvalue weighted by Gasteiger charge is -2.05. The summed E-state index contributed by atoms with van der Waals surface area (Å²) in [7, 11) is 1.59. The van der Waals surface area contributed by atoms with Crippen LogP contribution in [0.1, 0.15) is 16.1 Å². The molecule has 0 saturated carbocycles. The lowest BCUT2D eigenvalue weighted by molar-refractivity contribution is 0.0998. The van der Waals surface area contributed by atoms with Crippen molar-refractivity contribution in [2.75, 3.05) is 12.4 Å². The van der Waals surface area contributed by atoms with E-state index in [9.17, 15) is 4.79 Å². The Morgan fingerprint density at radius 2 is 2.00 bits per heavy atom. The summed E-state index contributed by atoms with van der Waals surface area (Å²) >= 11 is 6.05. The zero-order valence-electron chi connectivity index (χ0n) is 12.1. The molecule has 0 saturated heterocycles. The zero-order chi connectivity index (χ0) is 15.7. The molecular weight excluding hydrogens is 302 g/mol. The highest BCUT2D eigenvalue weighted by Gasteiger charge is 2.13. The van der Waals surface area contributed by atoms with Crippen LogP contribution in [0.2, 0.25) is 5.02 Å². The van der Waals surface area contributed by atoms with Crippen molar-refractivity contribution in [1.29, 1.82) is 0 Å². The van der Waals surface area contributed by atoms with Crippen LogP contribution in [0, 0.1) is 6.92 Å². The molecule has 1 heterocycles. The molecule has 112 valence electrons. The minimum atomic E-state index is -0.324. The van der Waals surface area contributed by atoms with Gasteiger partial charge in [0.25, 0.3) is 5.91 Å². The number of furan rings is 1. The van der Waals surface area contributed by atoms with E-state index in [1.165, 1.54) is 0 Å². The lowest BCUT2D eigenvalue weighted by Crippen LogP contribution is -2.10. The Morgan fingerprint density at radius 1 is 1.18 bits per heavy atom. The number of rotatable bonds is 3. The van der Waals surface area contributed by atoms with E-state index in [1.807, 2.05) is 19.1 Å². The van der Waals surface area contributed by atoms with E-state index in [1.54, 1.807) is 37.4 Å². The molecule has 1 aromatic heterocycles. The van der Waals surface area contributed by atoms with Crippen LogP contribution in [0.4, 0.5) is 5.69 Å². The Bertz CT molecular complexity index is 854. The third-order valence-electron chi connectivity index (χ3n) is 3.38. The summed E-state index contributed by atoms with van der Waals surface area (Å²) in [5.41, 5.74) is 2.21. The summed E-state index contributed by atoms with van der Waals surface area (Å²) in [6, 6.07) is 12.4. The lowest BCUT2D eigenvalue weighted by atomic mass is 10.2. The van der Waals surface area contributed by atoms with Gasteiger partial charge < -0.3 is 14.5 Å². The maximum atomic E-state index is 12.3. The first-order chi connectivity index (χ1) is 10.6. The van der Waals surface area contributed by atoms with Crippen LogP contribution in [0.3, 0.4) is 0 Å². The Hall–Kier alpha value is -2.46. The molecule has 0 aliphatic rings. The van der Waals surface area contributed by atoms with Crippen LogP contribution in [0.15, 0.2) is 46.9 Å². The highest BCUT2D eigenvalue weighted by Crippen LogP contribution is 2.25. The van der Waals surface area contributed by atoms with E-state index in [-0.39, 0.29) is 11.7 Å². The highest BCUT2D eigenvalue weighted by atomic mass is 35.5. The average molecular weight is 316 g/mol. The molecular formula is C17H14ClNO3. The molecule has 0 aliphatic carbocycles. The quantitative estimate of drug-likeness (QED) is 0.765. The molecule has 2 aromatic carbocycles. The fourth-order valence-corrected chi connectivity index (χ4v) is 2.30. The smallest absolute Gasteiger partial charge is 0.291 e. The number of benzene rings is 2. The fraction of sp³-hybridized carbons (Fsp3) is 0.118. The number of carbonyl (C=O) groups excluding carboxylic acids is 1. The summed E-state index contributed by atoms with van der Waals surface area (Å²) in [5, 5.41) is 4.18. The maximum Gasteiger partial charge on any atom is 0.291 e. The number of hydrogen-bond acceptors (Lipinski definition) is 3.